The molecule has 2 atom stereocenters. The van der Waals surface area contributed by atoms with Gasteiger partial charge in [-0.25, -0.2) is 0 Å². The number of carbonyl (C=O) groups is 1. The SMILES string of the molecule is CC(C)(C)OC(=O)C[C@H](O)C[C@H]1COC(C)(C)O1. The minimum absolute atomic E-state index is 0.0163. The smallest absolute Gasteiger partial charge is 0.308 e. The summed E-state index contributed by atoms with van der Waals surface area (Å²) in [5.41, 5.74) is -0.522. The second-order valence-electron chi connectivity index (χ2n) is 6.13. The number of rotatable bonds is 4. The van der Waals surface area contributed by atoms with E-state index in [-0.39, 0.29) is 12.5 Å². The summed E-state index contributed by atoms with van der Waals surface area (Å²) in [5.74, 6) is -0.996. The van der Waals surface area contributed by atoms with Crippen LogP contribution in [0, 0.1) is 0 Å². The number of ether oxygens (including phenoxy) is 3. The summed E-state index contributed by atoms with van der Waals surface area (Å²) < 4.78 is 16.1. The lowest BCUT2D eigenvalue weighted by molar-refractivity contribution is -0.158. The fourth-order valence-electron chi connectivity index (χ4n) is 1.84. The van der Waals surface area contributed by atoms with E-state index in [1.165, 1.54) is 0 Å². The van der Waals surface area contributed by atoms with E-state index in [0.29, 0.717) is 13.0 Å². The fraction of sp³-hybridized carbons (Fsp3) is 0.923. The molecule has 1 heterocycles. The number of hydrogen-bond donors (Lipinski definition) is 1. The van der Waals surface area contributed by atoms with Gasteiger partial charge < -0.3 is 19.3 Å². The molecule has 106 valence electrons. The molecule has 0 aromatic carbocycles. The van der Waals surface area contributed by atoms with Crippen molar-refractivity contribution in [1.82, 2.24) is 0 Å². The average molecular weight is 260 g/mol. The second-order valence-corrected chi connectivity index (χ2v) is 6.13. The van der Waals surface area contributed by atoms with Gasteiger partial charge in [0.2, 0.25) is 0 Å². The van der Waals surface area contributed by atoms with Crippen molar-refractivity contribution in [2.45, 2.75) is 71.1 Å². The standard InChI is InChI=1S/C13H24O5/c1-12(2,3)18-11(15)7-9(14)6-10-8-16-13(4,5)17-10/h9-10,14H,6-8H2,1-5H3/t9-,10+/m1/s1. The van der Waals surface area contributed by atoms with E-state index in [2.05, 4.69) is 0 Å². The van der Waals surface area contributed by atoms with Crippen LogP contribution < -0.4 is 0 Å². The molecule has 0 aromatic heterocycles. The Morgan fingerprint density at radius 1 is 1.50 bits per heavy atom. The maximum atomic E-state index is 11.5. The monoisotopic (exact) mass is 260 g/mol. The highest BCUT2D eigenvalue weighted by Gasteiger charge is 2.34. The lowest BCUT2D eigenvalue weighted by atomic mass is 10.1. The van der Waals surface area contributed by atoms with Gasteiger partial charge in [0.25, 0.3) is 0 Å². The van der Waals surface area contributed by atoms with Crippen LogP contribution in [0.3, 0.4) is 0 Å². The normalized spacial score (nSPS) is 24.9. The highest BCUT2D eigenvalue weighted by atomic mass is 16.7. The Morgan fingerprint density at radius 2 is 2.11 bits per heavy atom. The van der Waals surface area contributed by atoms with Crippen LogP contribution >= 0.6 is 0 Å². The maximum Gasteiger partial charge on any atom is 0.308 e. The Labute approximate surface area is 108 Å². The van der Waals surface area contributed by atoms with Gasteiger partial charge in [-0.2, -0.15) is 0 Å². The molecule has 1 aliphatic heterocycles. The second kappa shape index (κ2) is 5.55. The summed E-state index contributed by atoms with van der Waals surface area (Å²) in [6, 6.07) is 0. The first-order chi connectivity index (χ1) is 8.07. The van der Waals surface area contributed by atoms with Gasteiger partial charge in [-0.1, -0.05) is 0 Å². The summed E-state index contributed by atoms with van der Waals surface area (Å²) in [4.78, 5) is 11.5. The maximum absolute atomic E-state index is 11.5. The molecule has 1 N–H and O–H groups in total. The molecule has 5 nitrogen and oxygen atoms in total. The summed E-state index contributed by atoms with van der Waals surface area (Å²) in [7, 11) is 0. The molecule has 1 rings (SSSR count). The van der Waals surface area contributed by atoms with Crippen LogP contribution in [-0.2, 0) is 19.0 Å². The summed E-state index contributed by atoms with van der Waals surface area (Å²) in [5, 5.41) is 9.81. The lowest BCUT2D eigenvalue weighted by Gasteiger charge is -2.21. The van der Waals surface area contributed by atoms with E-state index < -0.39 is 23.5 Å². The zero-order valence-corrected chi connectivity index (χ0v) is 11.9. The van der Waals surface area contributed by atoms with Gasteiger partial charge in [0.05, 0.1) is 25.2 Å². The lowest BCUT2D eigenvalue weighted by Crippen LogP contribution is -2.29. The predicted molar refractivity (Wildman–Crippen MR) is 66.0 cm³/mol. The van der Waals surface area contributed by atoms with Gasteiger partial charge in [-0.15, -0.1) is 0 Å². The quantitative estimate of drug-likeness (QED) is 0.778. The minimum Gasteiger partial charge on any atom is -0.460 e. The average Bonchev–Trinajstić information content (AvgIpc) is 2.40. The molecule has 0 bridgehead atoms. The van der Waals surface area contributed by atoms with Crippen LogP contribution in [0.4, 0.5) is 0 Å². The van der Waals surface area contributed by atoms with Crippen LogP contribution in [-0.4, -0.2) is 41.3 Å². The van der Waals surface area contributed by atoms with Crippen molar-refractivity contribution in [2.75, 3.05) is 6.61 Å². The van der Waals surface area contributed by atoms with Crippen LogP contribution in [0.2, 0.25) is 0 Å². The Balaban J connectivity index is 2.30. The van der Waals surface area contributed by atoms with Gasteiger partial charge in [-0.05, 0) is 34.6 Å². The third kappa shape index (κ3) is 5.80. The molecule has 0 radical (unpaired) electrons. The van der Waals surface area contributed by atoms with Gasteiger partial charge >= 0.3 is 5.97 Å². The Hall–Kier alpha value is -0.650. The Bertz CT molecular complexity index is 292. The van der Waals surface area contributed by atoms with Crippen molar-refractivity contribution in [3.8, 4) is 0 Å². The predicted octanol–water partition coefficient (Wildman–Crippen LogP) is 1.62. The van der Waals surface area contributed by atoms with Crippen molar-refractivity contribution in [2.24, 2.45) is 0 Å². The third-order valence-electron chi connectivity index (χ3n) is 2.42. The summed E-state index contributed by atoms with van der Waals surface area (Å²) in [6.07, 6.45) is -0.569. The van der Waals surface area contributed by atoms with E-state index in [0.717, 1.165) is 0 Å². The molecule has 0 saturated carbocycles. The third-order valence-corrected chi connectivity index (χ3v) is 2.42. The minimum atomic E-state index is -0.762. The van der Waals surface area contributed by atoms with Crippen LogP contribution in [0.1, 0.15) is 47.5 Å². The van der Waals surface area contributed by atoms with Gasteiger partial charge in [0.15, 0.2) is 5.79 Å². The molecule has 0 amide bonds. The van der Waals surface area contributed by atoms with Crippen molar-refractivity contribution in [3.05, 3.63) is 0 Å². The number of esters is 1. The first-order valence-corrected chi connectivity index (χ1v) is 6.29. The van der Waals surface area contributed by atoms with Crippen molar-refractivity contribution in [3.63, 3.8) is 0 Å². The highest BCUT2D eigenvalue weighted by Crippen LogP contribution is 2.25. The Morgan fingerprint density at radius 3 is 2.56 bits per heavy atom. The largest absolute Gasteiger partial charge is 0.460 e. The molecular weight excluding hydrogens is 236 g/mol. The van der Waals surface area contributed by atoms with E-state index in [4.69, 9.17) is 14.2 Å². The summed E-state index contributed by atoms with van der Waals surface area (Å²) in [6.45, 7) is 9.49. The van der Waals surface area contributed by atoms with Crippen LogP contribution in [0.15, 0.2) is 0 Å². The summed E-state index contributed by atoms with van der Waals surface area (Å²) >= 11 is 0. The molecule has 18 heavy (non-hydrogen) atoms. The molecule has 0 aromatic rings. The first-order valence-electron chi connectivity index (χ1n) is 6.29. The first kappa shape index (κ1) is 15.4. The zero-order valence-electron chi connectivity index (χ0n) is 11.9. The van der Waals surface area contributed by atoms with Crippen molar-refractivity contribution < 1.29 is 24.1 Å². The van der Waals surface area contributed by atoms with Crippen molar-refractivity contribution in [1.29, 1.82) is 0 Å². The van der Waals surface area contributed by atoms with E-state index in [9.17, 15) is 9.90 Å². The Kier molecular flexibility index (Phi) is 4.75. The number of aliphatic hydroxyl groups is 1. The van der Waals surface area contributed by atoms with Crippen LogP contribution in [0.5, 0.6) is 0 Å². The van der Waals surface area contributed by atoms with Crippen LogP contribution in [0.25, 0.3) is 0 Å². The molecule has 0 spiro atoms. The highest BCUT2D eigenvalue weighted by molar-refractivity contribution is 5.70. The van der Waals surface area contributed by atoms with Gasteiger partial charge in [-0.3, -0.25) is 4.79 Å². The van der Waals surface area contributed by atoms with E-state index >= 15 is 0 Å². The number of carbonyl (C=O) groups excluding carboxylic acids is 1. The molecule has 0 unspecified atom stereocenters. The molecule has 1 saturated heterocycles. The number of aliphatic hydroxyl groups excluding tert-OH is 1. The molecule has 1 fully saturated rings. The number of hydrogen-bond acceptors (Lipinski definition) is 5. The van der Waals surface area contributed by atoms with Crippen molar-refractivity contribution >= 4 is 5.97 Å². The fourth-order valence-corrected chi connectivity index (χ4v) is 1.84. The molecule has 5 heteroatoms. The van der Waals surface area contributed by atoms with Gasteiger partial charge in [0.1, 0.15) is 5.60 Å². The molecule has 0 aliphatic carbocycles. The van der Waals surface area contributed by atoms with Gasteiger partial charge in [0, 0.05) is 6.42 Å². The molecular formula is C13H24O5. The van der Waals surface area contributed by atoms with E-state index in [1.54, 1.807) is 20.8 Å². The zero-order chi connectivity index (χ0) is 14.0. The van der Waals surface area contributed by atoms with E-state index in [1.807, 2.05) is 13.8 Å². The molecule has 1 aliphatic rings. The topological polar surface area (TPSA) is 65.0 Å².